The Morgan fingerprint density at radius 1 is 1.17 bits per heavy atom. The van der Waals surface area contributed by atoms with Crippen molar-refractivity contribution in [2.45, 2.75) is 20.8 Å². The Labute approximate surface area is 120 Å². The van der Waals surface area contributed by atoms with E-state index in [-0.39, 0.29) is 29.1 Å². The van der Waals surface area contributed by atoms with Gasteiger partial charge in [0.15, 0.2) is 0 Å². The van der Waals surface area contributed by atoms with Gasteiger partial charge in [0, 0.05) is 3.57 Å². The molecule has 2 unspecified atom stereocenters. The maximum absolute atomic E-state index is 12.3. The fraction of sp³-hybridized carbons (Fsp3) is 0.429. The molecular weight excluding hydrogens is 341 g/mol. The first kappa shape index (κ1) is 12.1. The van der Waals surface area contributed by atoms with Crippen molar-refractivity contribution < 1.29 is 9.59 Å². The Morgan fingerprint density at radius 3 is 2.28 bits per heavy atom. The van der Waals surface area contributed by atoms with E-state index in [9.17, 15) is 9.59 Å². The Balaban J connectivity index is 2.04. The smallest absolute Gasteiger partial charge is 0.238 e. The van der Waals surface area contributed by atoms with Gasteiger partial charge in [-0.25, -0.2) is 4.90 Å². The third kappa shape index (κ3) is 1.35. The normalized spacial score (nSPS) is 28.6. The second kappa shape index (κ2) is 3.56. The summed E-state index contributed by atoms with van der Waals surface area (Å²) in [6.07, 6.45) is 0. The number of anilines is 1. The van der Waals surface area contributed by atoms with Crippen LogP contribution in [0.3, 0.4) is 0 Å². The van der Waals surface area contributed by atoms with Crippen molar-refractivity contribution in [2.75, 3.05) is 4.90 Å². The maximum Gasteiger partial charge on any atom is 0.238 e. The average Bonchev–Trinajstić information content (AvgIpc) is 2.75. The molecule has 0 radical (unpaired) electrons. The zero-order valence-corrected chi connectivity index (χ0v) is 12.7. The number of benzene rings is 1. The number of halogens is 1. The minimum atomic E-state index is -0.138. The van der Waals surface area contributed by atoms with Gasteiger partial charge in [0.25, 0.3) is 0 Å². The van der Waals surface area contributed by atoms with Crippen molar-refractivity contribution in [1.29, 1.82) is 0 Å². The number of carbonyl (C=O) groups excluding carboxylic acids is 2. The number of hydrogen-bond acceptors (Lipinski definition) is 2. The summed E-state index contributed by atoms with van der Waals surface area (Å²) < 4.78 is 1.07. The van der Waals surface area contributed by atoms with Gasteiger partial charge in [-0.1, -0.05) is 19.9 Å². The van der Waals surface area contributed by atoms with Gasteiger partial charge in [0.1, 0.15) is 0 Å². The highest BCUT2D eigenvalue weighted by atomic mass is 127. The quantitative estimate of drug-likeness (QED) is 0.574. The second-order valence-electron chi connectivity index (χ2n) is 5.67. The first-order valence-electron chi connectivity index (χ1n) is 6.00. The van der Waals surface area contributed by atoms with E-state index in [0.717, 1.165) is 14.8 Å². The van der Waals surface area contributed by atoms with Crippen LogP contribution >= 0.6 is 22.6 Å². The van der Waals surface area contributed by atoms with Crippen LogP contribution in [0.1, 0.15) is 19.4 Å². The molecule has 4 heteroatoms. The lowest BCUT2D eigenvalue weighted by atomic mass is 10.0. The number of amides is 2. The Hall–Kier alpha value is -0.910. The fourth-order valence-electron chi connectivity index (χ4n) is 3.02. The SMILES string of the molecule is Cc1c(I)cccc1N1C(=O)C2C(C1=O)C2(C)C. The molecule has 1 aromatic carbocycles. The topological polar surface area (TPSA) is 37.4 Å². The van der Waals surface area contributed by atoms with E-state index < -0.39 is 0 Å². The fourth-order valence-corrected chi connectivity index (χ4v) is 3.51. The number of carbonyl (C=O) groups is 2. The Bertz CT molecular complexity index is 555. The van der Waals surface area contributed by atoms with Crippen LogP contribution in [0.15, 0.2) is 18.2 Å². The molecule has 1 aliphatic heterocycles. The summed E-state index contributed by atoms with van der Waals surface area (Å²) in [4.78, 5) is 26.1. The molecule has 2 amide bonds. The largest absolute Gasteiger partial charge is 0.274 e. The Kier molecular flexibility index (Phi) is 2.40. The van der Waals surface area contributed by atoms with E-state index in [4.69, 9.17) is 0 Å². The zero-order valence-electron chi connectivity index (χ0n) is 10.5. The number of nitrogens with zero attached hydrogens (tertiary/aromatic N) is 1. The monoisotopic (exact) mass is 355 g/mol. The van der Waals surface area contributed by atoms with E-state index in [0.29, 0.717) is 0 Å². The predicted molar refractivity (Wildman–Crippen MR) is 77.2 cm³/mol. The number of fused-ring (bicyclic) bond motifs is 1. The van der Waals surface area contributed by atoms with Gasteiger partial charge in [-0.3, -0.25) is 9.59 Å². The van der Waals surface area contributed by atoms with Crippen LogP contribution in [-0.2, 0) is 9.59 Å². The predicted octanol–water partition coefficient (Wildman–Crippen LogP) is 2.75. The molecule has 2 atom stereocenters. The highest BCUT2D eigenvalue weighted by Gasteiger charge is 2.72. The summed E-state index contributed by atoms with van der Waals surface area (Å²) in [6.45, 7) is 5.95. The highest BCUT2D eigenvalue weighted by molar-refractivity contribution is 14.1. The zero-order chi connectivity index (χ0) is 13.2. The minimum absolute atomic E-state index is 0.0277. The molecule has 0 bridgehead atoms. The number of imide groups is 1. The van der Waals surface area contributed by atoms with Crippen molar-refractivity contribution in [3.63, 3.8) is 0 Å². The summed E-state index contributed by atoms with van der Waals surface area (Å²) in [5, 5.41) is 0. The van der Waals surface area contributed by atoms with Crippen LogP contribution in [0.5, 0.6) is 0 Å². The van der Waals surface area contributed by atoms with Gasteiger partial charge in [0.2, 0.25) is 11.8 Å². The Morgan fingerprint density at radius 2 is 1.72 bits per heavy atom. The van der Waals surface area contributed by atoms with Crippen LogP contribution < -0.4 is 4.90 Å². The van der Waals surface area contributed by atoms with Gasteiger partial charge < -0.3 is 0 Å². The highest BCUT2D eigenvalue weighted by Crippen LogP contribution is 2.63. The van der Waals surface area contributed by atoms with Crippen molar-refractivity contribution in [1.82, 2.24) is 0 Å². The molecule has 1 aliphatic carbocycles. The molecule has 0 spiro atoms. The van der Waals surface area contributed by atoms with Crippen molar-refractivity contribution in [3.8, 4) is 0 Å². The number of rotatable bonds is 1. The van der Waals surface area contributed by atoms with Crippen molar-refractivity contribution in [2.24, 2.45) is 17.3 Å². The van der Waals surface area contributed by atoms with Gasteiger partial charge in [0.05, 0.1) is 17.5 Å². The van der Waals surface area contributed by atoms with Crippen LogP contribution in [0.2, 0.25) is 0 Å². The van der Waals surface area contributed by atoms with Gasteiger partial charge in [-0.15, -0.1) is 0 Å². The molecule has 0 N–H and O–H groups in total. The minimum Gasteiger partial charge on any atom is -0.274 e. The van der Waals surface area contributed by atoms with E-state index in [2.05, 4.69) is 22.6 Å². The van der Waals surface area contributed by atoms with Gasteiger partial charge in [-0.2, -0.15) is 0 Å². The molecule has 2 fully saturated rings. The first-order valence-corrected chi connectivity index (χ1v) is 7.08. The molecule has 2 aliphatic rings. The van der Waals surface area contributed by atoms with Crippen LogP contribution in [0, 0.1) is 27.7 Å². The van der Waals surface area contributed by atoms with Crippen molar-refractivity contribution in [3.05, 3.63) is 27.3 Å². The maximum atomic E-state index is 12.3. The van der Waals surface area contributed by atoms with E-state index in [1.54, 1.807) is 0 Å². The second-order valence-corrected chi connectivity index (χ2v) is 6.83. The number of piperidine rings is 1. The molecule has 3 rings (SSSR count). The van der Waals surface area contributed by atoms with Gasteiger partial charge >= 0.3 is 0 Å². The molecular formula is C14H14INO2. The van der Waals surface area contributed by atoms with Gasteiger partial charge in [-0.05, 0) is 52.6 Å². The lowest BCUT2D eigenvalue weighted by molar-refractivity contribution is -0.125. The number of hydrogen-bond donors (Lipinski definition) is 0. The van der Waals surface area contributed by atoms with Crippen LogP contribution in [0.4, 0.5) is 5.69 Å². The summed E-state index contributed by atoms with van der Waals surface area (Å²) in [7, 11) is 0. The molecule has 94 valence electrons. The lowest BCUT2D eigenvalue weighted by Gasteiger charge is -2.22. The third-order valence-corrected chi connectivity index (χ3v) is 5.45. The molecule has 0 aromatic heterocycles. The van der Waals surface area contributed by atoms with Crippen molar-refractivity contribution >= 4 is 40.1 Å². The molecule has 1 saturated heterocycles. The van der Waals surface area contributed by atoms with Crippen LogP contribution in [-0.4, -0.2) is 11.8 Å². The molecule has 1 aromatic rings. The molecule has 1 saturated carbocycles. The van der Waals surface area contributed by atoms with E-state index >= 15 is 0 Å². The van der Waals surface area contributed by atoms with Crippen LogP contribution in [0.25, 0.3) is 0 Å². The summed E-state index contributed by atoms with van der Waals surface area (Å²) >= 11 is 2.22. The third-order valence-electron chi connectivity index (χ3n) is 4.28. The molecule has 18 heavy (non-hydrogen) atoms. The first-order chi connectivity index (χ1) is 8.37. The summed E-state index contributed by atoms with van der Waals surface area (Å²) in [5.74, 6) is -0.273. The van der Waals surface area contributed by atoms with E-state index in [1.807, 2.05) is 39.0 Å². The summed E-state index contributed by atoms with van der Waals surface area (Å²) in [5.41, 5.74) is 1.61. The molecule has 3 nitrogen and oxygen atoms in total. The lowest BCUT2D eigenvalue weighted by Crippen LogP contribution is -2.36. The summed E-state index contributed by atoms with van der Waals surface area (Å²) in [6, 6.07) is 5.72. The average molecular weight is 355 g/mol. The molecule has 1 heterocycles. The standard InChI is InChI=1S/C14H14INO2/c1-7-8(15)5-4-6-9(7)16-12(17)10-11(13(16)18)14(10,2)3/h4-6,10-11H,1-3H3. The van der Waals surface area contributed by atoms with E-state index in [1.165, 1.54) is 4.90 Å².